The lowest BCUT2D eigenvalue weighted by atomic mass is 9.98. The van der Waals surface area contributed by atoms with Crippen LogP contribution in [0.5, 0.6) is 0 Å². The molecule has 0 aliphatic rings. The summed E-state index contributed by atoms with van der Waals surface area (Å²) in [5.74, 6) is 0.0651. The molecule has 0 bridgehead atoms. The van der Waals surface area contributed by atoms with Crippen molar-refractivity contribution in [1.82, 2.24) is 0 Å². The second-order valence-corrected chi connectivity index (χ2v) is 4.48. The summed E-state index contributed by atoms with van der Waals surface area (Å²) in [6, 6.07) is 4.49. The molecule has 0 aromatic heterocycles. The molecule has 1 atom stereocenters. The van der Waals surface area contributed by atoms with Crippen LogP contribution in [0.3, 0.4) is 0 Å². The summed E-state index contributed by atoms with van der Waals surface area (Å²) >= 11 is 5.69. The van der Waals surface area contributed by atoms with E-state index >= 15 is 0 Å². The Morgan fingerprint density at radius 2 is 2.12 bits per heavy atom. The molecule has 0 heterocycles. The van der Waals surface area contributed by atoms with Crippen molar-refractivity contribution in [3.8, 4) is 0 Å². The van der Waals surface area contributed by atoms with Gasteiger partial charge in [0.1, 0.15) is 0 Å². The largest absolute Gasteiger partial charge is 0.393 e. The molecule has 0 amide bonds. The molecule has 5 heteroatoms. The van der Waals surface area contributed by atoms with Gasteiger partial charge in [0.2, 0.25) is 0 Å². The normalized spacial score (nSPS) is 12.8. The van der Waals surface area contributed by atoms with Gasteiger partial charge in [-0.15, -0.1) is 0 Å². The van der Waals surface area contributed by atoms with Crippen molar-refractivity contribution in [2.75, 3.05) is 0 Å². The van der Waals surface area contributed by atoms with E-state index in [0.717, 1.165) is 0 Å². The first-order chi connectivity index (χ1) is 7.41. The van der Waals surface area contributed by atoms with Crippen molar-refractivity contribution in [2.45, 2.75) is 26.4 Å². The van der Waals surface area contributed by atoms with Gasteiger partial charge in [0.05, 0.1) is 11.0 Å². The van der Waals surface area contributed by atoms with E-state index in [0.29, 0.717) is 10.6 Å². The van der Waals surface area contributed by atoms with Gasteiger partial charge in [0, 0.05) is 23.1 Å². The summed E-state index contributed by atoms with van der Waals surface area (Å²) in [5, 5.41) is 20.8. The molecule has 4 nitrogen and oxygen atoms in total. The van der Waals surface area contributed by atoms with Crippen LogP contribution in [0.15, 0.2) is 18.2 Å². The highest BCUT2D eigenvalue weighted by Gasteiger charge is 2.18. The number of halogens is 1. The van der Waals surface area contributed by atoms with Crippen LogP contribution in [0.2, 0.25) is 5.02 Å². The van der Waals surface area contributed by atoms with Crippen molar-refractivity contribution in [3.63, 3.8) is 0 Å². The molecule has 0 spiro atoms. The van der Waals surface area contributed by atoms with E-state index in [1.165, 1.54) is 6.07 Å². The van der Waals surface area contributed by atoms with Crippen molar-refractivity contribution in [2.24, 2.45) is 5.92 Å². The molecule has 1 aromatic carbocycles. The van der Waals surface area contributed by atoms with Crippen molar-refractivity contribution < 1.29 is 10.0 Å². The minimum absolute atomic E-state index is 0.0350. The van der Waals surface area contributed by atoms with Crippen molar-refractivity contribution in [3.05, 3.63) is 38.9 Å². The minimum Gasteiger partial charge on any atom is -0.393 e. The summed E-state index contributed by atoms with van der Waals surface area (Å²) in [6.07, 6.45) is -0.314. The highest BCUT2D eigenvalue weighted by atomic mass is 35.5. The summed E-state index contributed by atoms with van der Waals surface area (Å²) in [6.45, 7) is 3.73. The van der Waals surface area contributed by atoms with E-state index in [1.54, 1.807) is 12.1 Å². The van der Waals surface area contributed by atoms with Crippen LogP contribution in [-0.2, 0) is 6.42 Å². The van der Waals surface area contributed by atoms with Gasteiger partial charge in [-0.3, -0.25) is 10.1 Å². The number of rotatable bonds is 4. The highest BCUT2D eigenvalue weighted by molar-refractivity contribution is 6.30. The van der Waals surface area contributed by atoms with Gasteiger partial charge >= 0.3 is 0 Å². The minimum atomic E-state index is -0.583. The predicted molar refractivity (Wildman–Crippen MR) is 62.7 cm³/mol. The summed E-state index contributed by atoms with van der Waals surface area (Å²) in [4.78, 5) is 10.3. The summed E-state index contributed by atoms with van der Waals surface area (Å²) in [5.41, 5.74) is 0.475. The molecule has 1 rings (SSSR count). The maximum absolute atomic E-state index is 10.8. The fraction of sp³-hybridized carbons (Fsp3) is 0.455. The summed E-state index contributed by atoms with van der Waals surface area (Å²) in [7, 11) is 0. The standard InChI is InChI=1S/C11H14ClNO3/c1-7(2)11(14)5-8-3-4-9(12)6-10(8)13(15)16/h3-4,6-7,11,14H,5H2,1-2H3. The van der Waals surface area contributed by atoms with Gasteiger partial charge in [0.15, 0.2) is 0 Å². The van der Waals surface area contributed by atoms with E-state index in [9.17, 15) is 15.2 Å². The first kappa shape index (κ1) is 12.9. The number of hydrogen-bond donors (Lipinski definition) is 1. The Morgan fingerprint density at radius 3 is 2.62 bits per heavy atom. The van der Waals surface area contributed by atoms with E-state index in [-0.39, 0.29) is 18.0 Å². The number of nitrogens with zero attached hydrogens (tertiary/aromatic N) is 1. The number of aliphatic hydroxyl groups excluding tert-OH is 1. The summed E-state index contributed by atoms with van der Waals surface area (Å²) < 4.78 is 0. The average molecular weight is 244 g/mol. The van der Waals surface area contributed by atoms with Crippen LogP contribution in [0.1, 0.15) is 19.4 Å². The fourth-order valence-electron chi connectivity index (χ4n) is 1.34. The van der Waals surface area contributed by atoms with E-state index in [2.05, 4.69) is 0 Å². The SMILES string of the molecule is CC(C)C(O)Cc1ccc(Cl)cc1[N+](=O)[O-]. The first-order valence-electron chi connectivity index (χ1n) is 5.02. The Kier molecular flexibility index (Phi) is 4.26. The van der Waals surface area contributed by atoms with Gasteiger partial charge < -0.3 is 5.11 Å². The molecular formula is C11H14ClNO3. The maximum Gasteiger partial charge on any atom is 0.274 e. The third-order valence-corrected chi connectivity index (χ3v) is 2.68. The molecule has 0 aliphatic heterocycles. The zero-order valence-electron chi connectivity index (χ0n) is 9.18. The number of nitro benzene ring substituents is 1. The Balaban J connectivity index is 2.99. The Hall–Kier alpha value is -1.13. The van der Waals surface area contributed by atoms with Gasteiger partial charge in [-0.05, 0) is 12.0 Å². The van der Waals surface area contributed by atoms with Crippen LogP contribution in [0.4, 0.5) is 5.69 Å². The zero-order chi connectivity index (χ0) is 12.3. The molecule has 1 N–H and O–H groups in total. The third-order valence-electron chi connectivity index (χ3n) is 2.44. The highest BCUT2D eigenvalue weighted by Crippen LogP contribution is 2.25. The molecule has 1 unspecified atom stereocenters. The van der Waals surface area contributed by atoms with Gasteiger partial charge in [-0.2, -0.15) is 0 Å². The second-order valence-electron chi connectivity index (χ2n) is 4.05. The third kappa shape index (κ3) is 3.18. The van der Waals surface area contributed by atoms with Crippen LogP contribution >= 0.6 is 11.6 Å². The van der Waals surface area contributed by atoms with Gasteiger partial charge in [-0.1, -0.05) is 31.5 Å². The quantitative estimate of drug-likeness (QED) is 0.653. The topological polar surface area (TPSA) is 63.4 Å². The van der Waals surface area contributed by atoms with Gasteiger partial charge in [0.25, 0.3) is 5.69 Å². The Labute approximate surface area is 99.0 Å². The average Bonchev–Trinajstić information content (AvgIpc) is 2.20. The van der Waals surface area contributed by atoms with E-state index < -0.39 is 11.0 Å². The number of hydrogen-bond acceptors (Lipinski definition) is 3. The van der Waals surface area contributed by atoms with Crippen molar-refractivity contribution in [1.29, 1.82) is 0 Å². The van der Waals surface area contributed by atoms with E-state index in [1.807, 2.05) is 13.8 Å². The monoisotopic (exact) mass is 243 g/mol. The lowest BCUT2D eigenvalue weighted by Crippen LogP contribution is -2.18. The van der Waals surface area contributed by atoms with Crippen LogP contribution < -0.4 is 0 Å². The van der Waals surface area contributed by atoms with Crippen LogP contribution in [-0.4, -0.2) is 16.1 Å². The number of benzene rings is 1. The van der Waals surface area contributed by atoms with Gasteiger partial charge in [-0.25, -0.2) is 0 Å². The lowest BCUT2D eigenvalue weighted by molar-refractivity contribution is -0.385. The smallest absolute Gasteiger partial charge is 0.274 e. The molecule has 1 aromatic rings. The molecular weight excluding hydrogens is 230 g/mol. The molecule has 16 heavy (non-hydrogen) atoms. The number of aliphatic hydroxyl groups is 1. The van der Waals surface area contributed by atoms with Crippen molar-refractivity contribution >= 4 is 17.3 Å². The predicted octanol–water partition coefficient (Wildman–Crippen LogP) is 2.81. The van der Waals surface area contributed by atoms with Crippen LogP contribution in [0, 0.1) is 16.0 Å². The molecule has 0 fully saturated rings. The van der Waals surface area contributed by atoms with Crippen LogP contribution in [0.25, 0.3) is 0 Å². The number of nitro groups is 1. The zero-order valence-corrected chi connectivity index (χ0v) is 9.94. The first-order valence-corrected chi connectivity index (χ1v) is 5.40. The maximum atomic E-state index is 10.8. The second kappa shape index (κ2) is 5.27. The van der Waals surface area contributed by atoms with E-state index in [4.69, 9.17) is 11.6 Å². The molecule has 0 radical (unpaired) electrons. The Morgan fingerprint density at radius 1 is 1.50 bits per heavy atom. The molecule has 0 saturated heterocycles. The fourth-order valence-corrected chi connectivity index (χ4v) is 1.51. The molecule has 0 saturated carbocycles. The molecule has 0 aliphatic carbocycles. The Bertz CT molecular complexity index is 393. The lowest BCUT2D eigenvalue weighted by Gasteiger charge is -2.14. The molecule has 88 valence electrons.